The zero-order valence-electron chi connectivity index (χ0n) is 17.5. The maximum Gasteiger partial charge on any atom is 0.191 e. The molecule has 0 spiro atoms. The molecule has 2 N–H and O–H groups in total. The topological polar surface area (TPSA) is 72.7 Å². The van der Waals surface area contributed by atoms with E-state index in [-0.39, 0.29) is 24.0 Å². The molecule has 0 saturated carbocycles. The first-order valence-corrected chi connectivity index (χ1v) is 9.44. The number of guanidine groups is 1. The Bertz CT molecular complexity index is 944. The fraction of sp³-hybridized carbons (Fsp3) is 0.273. The first kappa shape index (κ1) is 23.5. The normalized spacial score (nSPS) is 10.8. The van der Waals surface area contributed by atoms with Gasteiger partial charge >= 0.3 is 0 Å². The van der Waals surface area contributed by atoms with Gasteiger partial charge in [0.15, 0.2) is 17.5 Å². The van der Waals surface area contributed by atoms with Crippen LogP contribution in [0.3, 0.4) is 0 Å². The molecule has 0 aliphatic heterocycles. The van der Waals surface area contributed by atoms with Gasteiger partial charge in [0.05, 0.1) is 19.3 Å². The Kier molecular flexibility index (Phi) is 9.46. The largest absolute Gasteiger partial charge is 0.493 e. The molecule has 0 aliphatic rings. The average Bonchev–Trinajstić information content (AvgIpc) is 3.18. The molecule has 0 unspecified atom stereocenters. The minimum atomic E-state index is 0. The van der Waals surface area contributed by atoms with Crippen LogP contribution in [0.5, 0.6) is 11.5 Å². The van der Waals surface area contributed by atoms with Gasteiger partial charge in [0.25, 0.3) is 0 Å². The molecule has 0 bridgehead atoms. The third-order valence-electron chi connectivity index (χ3n) is 4.51. The van der Waals surface area contributed by atoms with E-state index in [1.165, 1.54) is 0 Å². The summed E-state index contributed by atoms with van der Waals surface area (Å²) in [5.74, 6) is 2.14. The van der Waals surface area contributed by atoms with Crippen molar-refractivity contribution >= 4 is 29.9 Å². The van der Waals surface area contributed by atoms with Crippen molar-refractivity contribution in [3.8, 4) is 11.5 Å². The molecule has 0 amide bonds. The number of aromatic nitrogens is 2. The van der Waals surface area contributed by atoms with Crippen LogP contribution < -0.4 is 20.1 Å². The van der Waals surface area contributed by atoms with E-state index in [1.54, 1.807) is 20.4 Å². The second-order valence-corrected chi connectivity index (χ2v) is 6.48. The third kappa shape index (κ3) is 6.65. The summed E-state index contributed by atoms with van der Waals surface area (Å²) in [6.07, 6.45) is 1.78. The van der Waals surface area contributed by atoms with Crippen molar-refractivity contribution in [2.45, 2.75) is 19.7 Å². The summed E-state index contributed by atoms with van der Waals surface area (Å²) in [6.45, 7) is 1.76. The summed E-state index contributed by atoms with van der Waals surface area (Å²) in [4.78, 5) is 4.26. The maximum absolute atomic E-state index is 5.92. The Morgan fingerprint density at radius 1 is 1.00 bits per heavy atom. The number of halogens is 1. The third-order valence-corrected chi connectivity index (χ3v) is 4.51. The Labute approximate surface area is 194 Å². The molecular weight excluding hydrogens is 493 g/mol. The average molecular weight is 521 g/mol. The lowest BCUT2D eigenvalue weighted by molar-refractivity contribution is 0.284. The molecule has 0 aliphatic carbocycles. The van der Waals surface area contributed by atoms with Crippen LogP contribution in [0.15, 0.2) is 65.8 Å². The summed E-state index contributed by atoms with van der Waals surface area (Å²) >= 11 is 0. The van der Waals surface area contributed by atoms with Gasteiger partial charge < -0.3 is 20.1 Å². The van der Waals surface area contributed by atoms with Crippen LogP contribution in [0, 0.1) is 0 Å². The summed E-state index contributed by atoms with van der Waals surface area (Å²) in [6, 6.07) is 18.0. The molecule has 8 heteroatoms. The number of hydrogen-bond acceptors (Lipinski definition) is 4. The molecular formula is C22H28IN5O2. The van der Waals surface area contributed by atoms with Crippen LogP contribution in [0.1, 0.15) is 16.8 Å². The lowest BCUT2D eigenvalue weighted by atomic mass is 10.2. The highest BCUT2D eigenvalue weighted by molar-refractivity contribution is 14.0. The number of benzene rings is 2. The number of aliphatic imine (C=N–C) groups is 1. The maximum atomic E-state index is 5.92. The first-order valence-electron chi connectivity index (χ1n) is 9.44. The second-order valence-electron chi connectivity index (χ2n) is 6.48. The number of ether oxygens (including phenoxy) is 2. The van der Waals surface area contributed by atoms with Crippen LogP contribution >= 0.6 is 24.0 Å². The lowest BCUT2D eigenvalue weighted by Gasteiger charge is -2.14. The molecule has 1 heterocycles. The molecule has 3 aromatic rings. The number of nitrogens with one attached hydrogen (secondary N) is 2. The van der Waals surface area contributed by atoms with Crippen molar-refractivity contribution in [3.63, 3.8) is 0 Å². The summed E-state index contributed by atoms with van der Waals surface area (Å²) in [5.41, 5.74) is 3.26. The van der Waals surface area contributed by atoms with Gasteiger partial charge in [0.2, 0.25) is 0 Å². The van der Waals surface area contributed by atoms with E-state index in [1.807, 2.05) is 66.3 Å². The van der Waals surface area contributed by atoms with Crippen molar-refractivity contribution in [2.75, 3.05) is 14.2 Å². The van der Waals surface area contributed by atoms with Crippen molar-refractivity contribution in [3.05, 3.63) is 77.6 Å². The fourth-order valence-corrected chi connectivity index (χ4v) is 2.83. The smallest absolute Gasteiger partial charge is 0.191 e. The Morgan fingerprint density at radius 3 is 2.43 bits per heavy atom. The van der Waals surface area contributed by atoms with E-state index in [2.05, 4.69) is 20.7 Å². The summed E-state index contributed by atoms with van der Waals surface area (Å²) in [5, 5.41) is 10.8. The van der Waals surface area contributed by atoms with Gasteiger partial charge in [-0.3, -0.25) is 9.67 Å². The van der Waals surface area contributed by atoms with E-state index in [0.29, 0.717) is 25.4 Å². The van der Waals surface area contributed by atoms with Crippen LogP contribution in [0.2, 0.25) is 0 Å². The molecule has 160 valence electrons. The summed E-state index contributed by atoms with van der Waals surface area (Å²) < 4.78 is 13.3. The number of nitrogens with zero attached hydrogens (tertiary/aromatic N) is 3. The Balaban J connectivity index is 0.00000320. The second kappa shape index (κ2) is 12.1. The number of methoxy groups -OCH3 is 1. The van der Waals surface area contributed by atoms with Gasteiger partial charge in [0.1, 0.15) is 6.61 Å². The highest BCUT2D eigenvalue weighted by Gasteiger charge is 2.07. The number of hydrogen-bond donors (Lipinski definition) is 2. The highest BCUT2D eigenvalue weighted by atomic mass is 127. The van der Waals surface area contributed by atoms with Crippen molar-refractivity contribution < 1.29 is 9.47 Å². The number of rotatable bonds is 8. The van der Waals surface area contributed by atoms with E-state index in [9.17, 15) is 0 Å². The lowest BCUT2D eigenvalue weighted by Crippen LogP contribution is -2.36. The Hall–Kier alpha value is -2.75. The SMILES string of the molecule is CN=C(NCc1ccc(OCc2ccccc2)c(OC)c1)NCc1ccnn1C.I. The van der Waals surface area contributed by atoms with Crippen molar-refractivity contribution in [2.24, 2.45) is 12.0 Å². The van der Waals surface area contributed by atoms with Gasteiger partial charge in [-0.2, -0.15) is 5.10 Å². The number of aryl methyl sites for hydroxylation is 1. The van der Waals surface area contributed by atoms with Crippen molar-refractivity contribution in [1.82, 2.24) is 20.4 Å². The zero-order chi connectivity index (χ0) is 20.5. The molecule has 7 nitrogen and oxygen atoms in total. The zero-order valence-corrected chi connectivity index (χ0v) is 19.8. The molecule has 2 aromatic carbocycles. The standard InChI is InChI=1S/C22H27N5O2.HI/c1-23-22(25-15-19-11-12-26-27(19)2)24-14-18-9-10-20(21(13-18)28-3)29-16-17-7-5-4-6-8-17;/h4-13H,14-16H2,1-3H3,(H2,23,24,25);1H. The predicted molar refractivity (Wildman–Crippen MR) is 129 cm³/mol. The Morgan fingerprint density at radius 2 is 1.77 bits per heavy atom. The minimum absolute atomic E-state index is 0. The molecule has 3 rings (SSSR count). The van der Waals surface area contributed by atoms with Crippen molar-refractivity contribution in [1.29, 1.82) is 0 Å². The molecule has 30 heavy (non-hydrogen) atoms. The molecule has 1 aromatic heterocycles. The van der Waals surface area contributed by atoms with Crippen LogP contribution in [-0.4, -0.2) is 29.9 Å². The molecule has 0 fully saturated rings. The van der Waals surface area contributed by atoms with Crippen LogP contribution in [-0.2, 0) is 26.7 Å². The molecule has 0 radical (unpaired) electrons. The fourth-order valence-electron chi connectivity index (χ4n) is 2.83. The van der Waals surface area contributed by atoms with E-state index < -0.39 is 0 Å². The molecule has 0 atom stereocenters. The summed E-state index contributed by atoms with van der Waals surface area (Å²) in [7, 11) is 5.32. The highest BCUT2D eigenvalue weighted by Crippen LogP contribution is 2.28. The van der Waals surface area contributed by atoms with E-state index in [0.717, 1.165) is 28.5 Å². The van der Waals surface area contributed by atoms with Gasteiger partial charge in [0, 0.05) is 26.8 Å². The van der Waals surface area contributed by atoms with Crippen LogP contribution in [0.4, 0.5) is 0 Å². The predicted octanol–water partition coefficient (Wildman–Crippen LogP) is 3.49. The quantitative estimate of drug-likeness (QED) is 0.270. The van der Waals surface area contributed by atoms with Gasteiger partial charge in [-0.15, -0.1) is 24.0 Å². The van der Waals surface area contributed by atoms with Gasteiger partial charge in [-0.05, 0) is 29.3 Å². The molecule has 0 saturated heterocycles. The monoisotopic (exact) mass is 521 g/mol. The van der Waals surface area contributed by atoms with E-state index in [4.69, 9.17) is 9.47 Å². The van der Waals surface area contributed by atoms with Gasteiger partial charge in [-0.1, -0.05) is 36.4 Å². The first-order chi connectivity index (χ1) is 14.2. The van der Waals surface area contributed by atoms with Gasteiger partial charge in [-0.25, -0.2) is 0 Å². The van der Waals surface area contributed by atoms with Crippen LogP contribution in [0.25, 0.3) is 0 Å². The minimum Gasteiger partial charge on any atom is -0.493 e. The van der Waals surface area contributed by atoms with E-state index >= 15 is 0 Å².